The van der Waals surface area contributed by atoms with Crippen LogP contribution in [-0.4, -0.2) is 12.6 Å². The summed E-state index contributed by atoms with van der Waals surface area (Å²) in [7, 11) is 0. The van der Waals surface area contributed by atoms with E-state index in [-0.39, 0.29) is 0 Å². The molecule has 1 saturated heterocycles. The van der Waals surface area contributed by atoms with Gasteiger partial charge in [-0.2, -0.15) is 0 Å². The first-order valence-electron chi connectivity index (χ1n) is 7.02. The molecule has 1 aliphatic heterocycles. The average Bonchev–Trinajstić information content (AvgIpc) is 2.82. The van der Waals surface area contributed by atoms with Gasteiger partial charge in [0.2, 0.25) is 0 Å². The Kier molecular flexibility index (Phi) is 3.40. The smallest absolute Gasteiger partial charge is 0.0348 e. The topological polar surface area (TPSA) is 12.0 Å². The van der Waals surface area contributed by atoms with E-state index in [1.54, 1.807) is 4.88 Å². The standard InChI is InChI=1S/C16H21NS/c1-3-12-5-4-6-15-14(12)10-16(18-15)13-7-8-17-11(2)9-13/h4-6,10-11,13,17H,3,7-9H2,1-2H3/t11-,13-/m0/s1. The van der Waals surface area contributed by atoms with Gasteiger partial charge in [-0.15, -0.1) is 11.3 Å². The molecule has 0 aliphatic carbocycles. The molecule has 0 radical (unpaired) electrons. The van der Waals surface area contributed by atoms with Crippen LogP contribution in [-0.2, 0) is 6.42 Å². The minimum Gasteiger partial charge on any atom is -0.314 e. The molecule has 1 aliphatic rings. The third-order valence-electron chi connectivity index (χ3n) is 4.08. The predicted octanol–water partition coefficient (Wildman–Crippen LogP) is 4.32. The lowest BCUT2D eigenvalue weighted by Crippen LogP contribution is -2.34. The quantitative estimate of drug-likeness (QED) is 0.847. The highest BCUT2D eigenvalue weighted by Crippen LogP contribution is 2.37. The van der Waals surface area contributed by atoms with E-state index in [0.29, 0.717) is 6.04 Å². The van der Waals surface area contributed by atoms with Gasteiger partial charge >= 0.3 is 0 Å². The van der Waals surface area contributed by atoms with Crippen molar-refractivity contribution < 1.29 is 0 Å². The normalized spacial score (nSPS) is 24.6. The molecule has 2 heteroatoms. The SMILES string of the molecule is CCc1cccc2sc([C@H]3CCN[C@@H](C)C3)cc12. The summed E-state index contributed by atoms with van der Waals surface area (Å²) in [6, 6.07) is 9.87. The molecule has 1 nitrogen and oxygen atoms in total. The van der Waals surface area contributed by atoms with Gasteiger partial charge in [0.15, 0.2) is 0 Å². The fourth-order valence-electron chi connectivity index (χ4n) is 3.04. The minimum absolute atomic E-state index is 0.666. The molecule has 2 aromatic rings. The zero-order valence-electron chi connectivity index (χ0n) is 11.2. The highest BCUT2D eigenvalue weighted by Gasteiger charge is 2.21. The molecule has 0 spiro atoms. The Balaban J connectivity index is 1.97. The zero-order valence-corrected chi connectivity index (χ0v) is 12.0. The first-order valence-corrected chi connectivity index (χ1v) is 7.84. The van der Waals surface area contributed by atoms with Gasteiger partial charge in [0.05, 0.1) is 0 Å². The second-order valence-electron chi connectivity index (χ2n) is 5.41. The molecule has 0 saturated carbocycles. The Bertz CT molecular complexity index is 543. The third-order valence-corrected chi connectivity index (χ3v) is 5.34. The van der Waals surface area contributed by atoms with Crippen molar-refractivity contribution in [1.29, 1.82) is 0 Å². The van der Waals surface area contributed by atoms with Crippen molar-refractivity contribution in [1.82, 2.24) is 5.32 Å². The van der Waals surface area contributed by atoms with E-state index in [1.165, 1.54) is 35.0 Å². The maximum Gasteiger partial charge on any atom is 0.0348 e. The maximum atomic E-state index is 3.54. The number of rotatable bonds is 2. The van der Waals surface area contributed by atoms with Gasteiger partial charge in [-0.25, -0.2) is 0 Å². The van der Waals surface area contributed by atoms with Crippen molar-refractivity contribution in [2.75, 3.05) is 6.54 Å². The van der Waals surface area contributed by atoms with Crippen molar-refractivity contribution in [3.8, 4) is 0 Å². The van der Waals surface area contributed by atoms with Crippen LogP contribution in [0.25, 0.3) is 10.1 Å². The van der Waals surface area contributed by atoms with Gasteiger partial charge in [0.1, 0.15) is 0 Å². The van der Waals surface area contributed by atoms with Crippen molar-refractivity contribution >= 4 is 21.4 Å². The first kappa shape index (κ1) is 12.2. The summed E-state index contributed by atoms with van der Waals surface area (Å²) >= 11 is 2.01. The molecule has 1 aromatic heterocycles. The van der Waals surface area contributed by atoms with Gasteiger partial charge in [0.25, 0.3) is 0 Å². The molecule has 18 heavy (non-hydrogen) atoms. The van der Waals surface area contributed by atoms with Crippen LogP contribution >= 0.6 is 11.3 Å². The summed E-state index contributed by atoms with van der Waals surface area (Å²) in [6.45, 7) is 5.72. The molecule has 0 unspecified atom stereocenters. The van der Waals surface area contributed by atoms with Crippen LogP contribution in [0.5, 0.6) is 0 Å². The second-order valence-corrected chi connectivity index (χ2v) is 6.52. The molecule has 0 amide bonds. The molecular weight excluding hydrogens is 238 g/mol. The average molecular weight is 259 g/mol. The van der Waals surface area contributed by atoms with E-state index < -0.39 is 0 Å². The Hall–Kier alpha value is -0.860. The Morgan fingerprint density at radius 2 is 2.28 bits per heavy atom. The van der Waals surface area contributed by atoms with Crippen LogP contribution in [0.15, 0.2) is 24.3 Å². The summed E-state index contributed by atoms with van der Waals surface area (Å²) in [6.07, 6.45) is 3.71. The summed E-state index contributed by atoms with van der Waals surface area (Å²) in [5, 5.41) is 5.03. The minimum atomic E-state index is 0.666. The number of fused-ring (bicyclic) bond motifs is 1. The number of thiophene rings is 1. The Morgan fingerprint density at radius 3 is 3.06 bits per heavy atom. The highest BCUT2D eigenvalue weighted by atomic mass is 32.1. The van der Waals surface area contributed by atoms with Crippen LogP contribution in [0.1, 0.15) is 43.0 Å². The molecule has 2 heterocycles. The lowest BCUT2D eigenvalue weighted by Gasteiger charge is -2.27. The van der Waals surface area contributed by atoms with E-state index in [4.69, 9.17) is 0 Å². The number of hydrogen-bond acceptors (Lipinski definition) is 2. The molecule has 1 aromatic carbocycles. The number of piperidine rings is 1. The molecule has 1 fully saturated rings. The fraction of sp³-hybridized carbons (Fsp3) is 0.500. The number of hydrogen-bond donors (Lipinski definition) is 1. The van der Waals surface area contributed by atoms with Gasteiger partial charge in [-0.05, 0) is 61.7 Å². The van der Waals surface area contributed by atoms with E-state index >= 15 is 0 Å². The van der Waals surface area contributed by atoms with Crippen LogP contribution in [0.2, 0.25) is 0 Å². The van der Waals surface area contributed by atoms with Gasteiger partial charge in [0, 0.05) is 15.6 Å². The second kappa shape index (κ2) is 5.02. The number of aryl methyl sites for hydroxylation is 1. The summed E-state index contributed by atoms with van der Waals surface area (Å²) < 4.78 is 1.47. The van der Waals surface area contributed by atoms with Crippen molar-refractivity contribution in [2.45, 2.75) is 45.1 Å². The van der Waals surface area contributed by atoms with Gasteiger partial charge in [-0.1, -0.05) is 19.1 Å². The molecule has 96 valence electrons. The summed E-state index contributed by atoms with van der Waals surface area (Å²) in [4.78, 5) is 1.60. The number of nitrogens with one attached hydrogen (secondary N) is 1. The lowest BCUT2D eigenvalue weighted by atomic mass is 9.91. The predicted molar refractivity (Wildman–Crippen MR) is 80.6 cm³/mol. The van der Waals surface area contributed by atoms with Crippen molar-refractivity contribution in [2.24, 2.45) is 0 Å². The molecule has 1 N–H and O–H groups in total. The van der Waals surface area contributed by atoms with Crippen LogP contribution in [0.4, 0.5) is 0 Å². The zero-order chi connectivity index (χ0) is 12.5. The molecule has 2 atom stereocenters. The van der Waals surface area contributed by atoms with E-state index in [2.05, 4.69) is 43.4 Å². The van der Waals surface area contributed by atoms with Gasteiger partial charge in [-0.3, -0.25) is 0 Å². The third kappa shape index (κ3) is 2.19. The number of benzene rings is 1. The Labute approximate surface area is 113 Å². The van der Waals surface area contributed by atoms with E-state index in [1.807, 2.05) is 11.3 Å². The van der Waals surface area contributed by atoms with Crippen LogP contribution in [0.3, 0.4) is 0 Å². The highest BCUT2D eigenvalue weighted by molar-refractivity contribution is 7.19. The molecular formula is C16H21NS. The summed E-state index contributed by atoms with van der Waals surface area (Å²) in [5.74, 6) is 0.767. The molecule has 0 bridgehead atoms. The lowest BCUT2D eigenvalue weighted by molar-refractivity contribution is 0.384. The van der Waals surface area contributed by atoms with E-state index in [9.17, 15) is 0 Å². The van der Waals surface area contributed by atoms with Gasteiger partial charge < -0.3 is 5.32 Å². The van der Waals surface area contributed by atoms with E-state index in [0.717, 1.165) is 12.3 Å². The monoisotopic (exact) mass is 259 g/mol. The largest absolute Gasteiger partial charge is 0.314 e. The van der Waals surface area contributed by atoms with Crippen LogP contribution in [0, 0.1) is 0 Å². The maximum absolute atomic E-state index is 3.54. The van der Waals surface area contributed by atoms with Crippen molar-refractivity contribution in [3.63, 3.8) is 0 Å². The molecule has 3 rings (SSSR count). The van der Waals surface area contributed by atoms with Crippen LogP contribution < -0.4 is 5.32 Å². The first-order chi connectivity index (χ1) is 8.78. The summed E-state index contributed by atoms with van der Waals surface area (Å²) in [5.41, 5.74) is 1.50. The fourth-order valence-corrected chi connectivity index (χ4v) is 4.30. The Morgan fingerprint density at radius 1 is 1.39 bits per heavy atom. The van der Waals surface area contributed by atoms with Crippen molar-refractivity contribution in [3.05, 3.63) is 34.7 Å².